The van der Waals surface area contributed by atoms with Crippen LogP contribution >= 0.6 is 0 Å². The fraction of sp³-hybridized carbons (Fsp3) is 0.345. The molecule has 3 aliphatic rings. The smallest absolute Gasteiger partial charge is 0.296 e. The maximum absolute atomic E-state index is 14.1. The number of likely N-dealkylation sites (N-methyl/N-ethyl adjacent to an activating group) is 1. The predicted molar refractivity (Wildman–Crippen MR) is 142 cm³/mol. The number of rotatable bonds is 7. The Balaban J connectivity index is 1.66. The van der Waals surface area contributed by atoms with Crippen LogP contribution < -0.4 is 9.64 Å². The first-order chi connectivity index (χ1) is 18.3. The summed E-state index contributed by atoms with van der Waals surface area (Å²) in [5.74, 6) is -1.93. The molecule has 0 bridgehead atoms. The first-order valence-electron chi connectivity index (χ1n) is 12.6. The minimum atomic E-state index is -1.76. The number of aliphatic hydroxyl groups excluding tert-OH is 1. The highest BCUT2D eigenvalue weighted by Gasteiger charge is 2.66. The Bertz CT molecular complexity index is 1350. The fourth-order valence-electron chi connectivity index (χ4n) is 5.59. The quantitative estimate of drug-likeness (QED) is 0.261. The van der Waals surface area contributed by atoms with Gasteiger partial charge in [0.2, 0.25) is 0 Å². The van der Waals surface area contributed by atoms with Crippen LogP contribution in [0.1, 0.15) is 16.7 Å². The summed E-state index contributed by atoms with van der Waals surface area (Å²) in [6.07, 6.45) is 1.63. The molecule has 9 nitrogen and oxygen atoms in total. The molecule has 2 saturated heterocycles. The van der Waals surface area contributed by atoms with E-state index in [1.807, 2.05) is 6.92 Å². The summed E-state index contributed by atoms with van der Waals surface area (Å²) in [5, 5.41) is 11.6. The van der Waals surface area contributed by atoms with E-state index in [2.05, 4.69) is 11.5 Å². The molecule has 1 atom stereocenters. The van der Waals surface area contributed by atoms with Crippen LogP contribution in [0.5, 0.6) is 5.75 Å². The minimum absolute atomic E-state index is 0.141. The molecule has 0 aromatic heterocycles. The van der Waals surface area contributed by atoms with Gasteiger partial charge >= 0.3 is 0 Å². The van der Waals surface area contributed by atoms with Crippen molar-refractivity contribution in [3.8, 4) is 5.75 Å². The van der Waals surface area contributed by atoms with Crippen LogP contribution in [0.15, 0.2) is 60.7 Å². The van der Waals surface area contributed by atoms with Crippen LogP contribution in [0.4, 0.5) is 5.69 Å². The van der Waals surface area contributed by atoms with E-state index >= 15 is 0 Å². The zero-order chi connectivity index (χ0) is 27.0. The summed E-state index contributed by atoms with van der Waals surface area (Å²) in [7, 11) is 1.62. The normalized spacial score (nSPS) is 22.8. The number of para-hydroxylation sites is 1. The van der Waals surface area contributed by atoms with Crippen LogP contribution in [-0.4, -0.2) is 85.6 Å². The predicted octanol–water partition coefficient (Wildman–Crippen LogP) is 2.44. The van der Waals surface area contributed by atoms with E-state index in [1.165, 1.54) is 9.80 Å². The molecule has 2 aromatic carbocycles. The SMILES string of the molecule is C=CCOc1ccc(C(O)=C2C(=O)C(=O)N(CCN3CCOCC3)C23C(=O)N(C)c2ccccc23)cc1C. The lowest BCUT2D eigenvalue weighted by Crippen LogP contribution is -2.53. The third kappa shape index (κ3) is 3.90. The van der Waals surface area contributed by atoms with Crippen LogP contribution in [0.25, 0.3) is 5.76 Å². The van der Waals surface area contributed by atoms with Crippen molar-refractivity contribution in [1.29, 1.82) is 0 Å². The molecule has 2 amide bonds. The number of likely N-dealkylation sites (tertiary alicyclic amines) is 1. The number of carbonyl (C=O) groups excluding carboxylic acids is 3. The van der Waals surface area contributed by atoms with Crippen molar-refractivity contribution in [3.05, 3.63) is 77.4 Å². The molecule has 1 spiro atoms. The van der Waals surface area contributed by atoms with Crippen LogP contribution in [0.2, 0.25) is 0 Å². The Labute approximate surface area is 221 Å². The van der Waals surface area contributed by atoms with E-state index in [4.69, 9.17) is 9.47 Å². The lowest BCUT2D eigenvalue weighted by atomic mass is 9.81. The van der Waals surface area contributed by atoms with Gasteiger partial charge in [0.05, 0.1) is 18.8 Å². The Morgan fingerprint density at radius 1 is 1.13 bits per heavy atom. The molecule has 1 unspecified atom stereocenters. The van der Waals surface area contributed by atoms with E-state index in [0.29, 0.717) is 62.0 Å². The average molecular weight is 518 g/mol. The molecule has 3 aliphatic heterocycles. The lowest BCUT2D eigenvalue weighted by molar-refractivity contribution is -0.144. The summed E-state index contributed by atoms with van der Waals surface area (Å²) in [5.41, 5.74) is 0.150. The number of carbonyl (C=O) groups is 3. The van der Waals surface area contributed by atoms with Crippen molar-refractivity contribution >= 4 is 29.0 Å². The van der Waals surface area contributed by atoms with E-state index < -0.39 is 28.9 Å². The Kier molecular flexibility index (Phi) is 6.81. The highest BCUT2D eigenvalue weighted by atomic mass is 16.5. The Hall–Kier alpha value is -3.95. The van der Waals surface area contributed by atoms with Gasteiger partial charge in [-0.3, -0.25) is 19.3 Å². The second-order valence-electron chi connectivity index (χ2n) is 9.64. The van der Waals surface area contributed by atoms with Gasteiger partial charge in [-0.05, 0) is 36.8 Å². The molecule has 2 aromatic rings. The number of nitrogens with zero attached hydrogens (tertiary/aromatic N) is 3. The van der Waals surface area contributed by atoms with Gasteiger partial charge in [-0.15, -0.1) is 0 Å². The van der Waals surface area contributed by atoms with Crippen molar-refractivity contribution in [2.75, 3.05) is 57.9 Å². The number of hydrogen-bond acceptors (Lipinski definition) is 7. The zero-order valence-corrected chi connectivity index (χ0v) is 21.6. The second-order valence-corrected chi connectivity index (χ2v) is 9.64. The topological polar surface area (TPSA) is 99.6 Å². The molecule has 0 radical (unpaired) electrons. The number of anilines is 1. The summed E-state index contributed by atoms with van der Waals surface area (Å²) in [6, 6.07) is 12.1. The maximum atomic E-state index is 14.1. The monoisotopic (exact) mass is 517 g/mol. The summed E-state index contributed by atoms with van der Waals surface area (Å²) < 4.78 is 11.1. The third-order valence-electron chi connectivity index (χ3n) is 7.49. The third-order valence-corrected chi connectivity index (χ3v) is 7.49. The van der Waals surface area contributed by atoms with Gasteiger partial charge in [0.1, 0.15) is 18.1 Å². The van der Waals surface area contributed by atoms with Gasteiger partial charge in [0.25, 0.3) is 17.6 Å². The number of ether oxygens (including phenoxy) is 2. The van der Waals surface area contributed by atoms with Crippen LogP contribution in [0, 0.1) is 6.92 Å². The molecular formula is C29H31N3O6. The molecule has 38 heavy (non-hydrogen) atoms. The molecule has 2 fully saturated rings. The number of morpholine rings is 1. The van der Waals surface area contributed by atoms with Crippen molar-refractivity contribution in [2.24, 2.45) is 0 Å². The molecular weight excluding hydrogens is 486 g/mol. The molecule has 3 heterocycles. The number of ketones is 1. The maximum Gasteiger partial charge on any atom is 0.296 e. The molecule has 0 saturated carbocycles. The number of aryl methyl sites for hydroxylation is 1. The highest BCUT2D eigenvalue weighted by Crippen LogP contribution is 2.53. The van der Waals surface area contributed by atoms with Crippen molar-refractivity contribution < 1.29 is 29.0 Å². The van der Waals surface area contributed by atoms with Crippen molar-refractivity contribution in [2.45, 2.75) is 12.5 Å². The summed E-state index contributed by atoms with van der Waals surface area (Å²) in [4.78, 5) is 46.2. The number of hydrogen-bond donors (Lipinski definition) is 1. The van der Waals surface area contributed by atoms with Crippen LogP contribution in [-0.2, 0) is 24.7 Å². The number of aliphatic hydroxyl groups is 1. The van der Waals surface area contributed by atoms with E-state index in [9.17, 15) is 19.5 Å². The van der Waals surface area contributed by atoms with Gasteiger partial charge in [0, 0.05) is 50.0 Å². The molecule has 198 valence electrons. The fourth-order valence-corrected chi connectivity index (χ4v) is 5.59. The van der Waals surface area contributed by atoms with Gasteiger partial charge in [-0.2, -0.15) is 0 Å². The zero-order valence-electron chi connectivity index (χ0n) is 21.6. The van der Waals surface area contributed by atoms with Crippen LogP contribution in [0.3, 0.4) is 0 Å². The Morgan fingerprint density at radius 2 is 1.87 bits per heavy atom. The summed E-state index contributed by atoms with van der Waals surface area (Å²) >= 11 is 0. The molecule has 5 rings (SSSR count). The van der Waals surface area contributed by atoms with Gasteiger partial charge in [-0.1, -0.05) is 30.9 Å². The standard InChI is InChI=1S/C29H31N3O6/c1-4-15-38-23-10-9-20(18-19(23)2)25(33)24-26(34)27(35)32(12-11-31-13-16-37-17-14-31)29(24)21-7-5-6-8-22(21)30(3)28(29)36/h4-10,18,33H,1,11-17H2,2-3H3. The molecule has 9 heteroatoms. The minimum Gasteiger partial charge on any atom is -0.507 e. The average Bonchev–Trinajstić information content (AvgIpc) is 3.29. The van der Waals surface area contributed by atoms with Crippen molar-refractivity contribution in [3.63, 3.8) is 0 Å². The number of benzene rings is 2. The Morgan fingerprint density at radius 3 is 2.58 bits per heavy atom. The first kappa shape index (κ1) is 25.7. The van der Waals surface area contributed by atoms with Crippen molar-refractivity contribution in [1.82, 2.24) is 9.80 Å². The lowest BCUT2D eigenvalue weighted by Gasteiger charge is -2.36. The number of fused-ring (bicyclic) bond motifs is 2. The number of amides is 2. The molecule has 0 aliphatic carbocycles. The molecule has 1 N–H and O–H groups in total. The van der Waals surface area contributed by atoms with E-state index in [0.717, 1.165) is 5.56 Å². The summed E-state index contributed by atoms with van der Waals surface area (Å²) in [6.45, 7) is 8.95. The highest BCUT2D eigenvalue weighted by molar-refractivity contribution is 6.50. The van der Waals surface area contributed by atoms with E-state index in [1.54, 1.807) is 55.6 Å². The largest absolute Gasteiger partial charge is 0.507 e. The number of Topliss-reactive ketones (excluding diaryl/α,β-unsaturated/α-hetero) is 1. The van der Waals surface area contributed by atoms with Gasteiger partial charge < -0.3 is 24.4 Å². The van der Waals surface area contributed by atoms with Gasteiger partial charge in [-0.25, -0.2) is 0 Å². The van der Waals surface area contributed by atoms with E-state index in [-0.39, 0.29) is 12.1 Å². The van der Waals surface area contributed by atoms with Gasteiger partial charge in [0.15, 0.2) is 5.54 Å². The first-order valence-corrected chi connectivity index (χ1v) is 12.6. The second kappa shape index (κ2) is 10.1.